The number of carbonyl (C=O) groups excluding carboxylic acids is 1. The molecule has 2 aliphatic rings. The second-order valence-corrected chi connectivity index (χ2v) is 9.23. The summed E-state index contributed by atoms with van der Waals surface area (Å²) in [6, 6.07) is 0.181. The highest BCUT2D eigenvalue weighted by atomic mass is 16.2. The van der Waals surface area contributed by atoms with Crippen LogP contribution in [0.1, 0.15) is 73.9 Å². The lowest BCUT2D eigenvalue weighted by Crippen LogP contribution is -2.40. The van der Waals surface area contributed by atoms with Gasteiger partial charge in [0.05, 0.1) is 12.2 Å². The fraction of sp³-hybridized carbons (Fsp3) is 0.652. The van der Waals surface area contributed by atoms with Crippen LogP contribution < -0.4 is 4.90 Å². The van der Waals surface area contributed by atoms with Gasteiger partial charge in [0.25, 0.3) is 0 Å². The lowest BCUT2D eigenvalue weighted by Gasteiger charge is -2.36. The van der Waals surface area contributed by atoms with Crippen molar-refractivity contribution in [3.8, 4) is 0 Å². The second kappa shape index (κ2) is 8.46. The summed E-state index contributed by atoms with van der Waals surface area (Å²) in [7, 11) is 1.99. The van der Waals surface area contributed by atoms with E-state index in [0.29, 0.717) is 18.9 Å². The first-order valence-electron chi connectivity index (χ1n) is 11.2. The Balaban J connectivity index is 1.68. The molecule has 1 amide bonds. The van der Waals surface area contributed by atoms with Crippen molar-refractivity contribution in [3.63, 3.8) is 0 Å². The molecule has 2 aromatic rings. The van der Waals surface area contributed by atoms with Crippen molar-refractivity contribution >= 4 is 11.7 Å². The number of anilines is 1. The van der Waals surface area contributed by atoms with Gasteiger partial charge in [-0.1, -0.05) is 20.3 Å². The van der Waals surface area contributed by atoms with Crippen molar-refractivity contribution in [1.82, 2.24) is 24.6 Å². The predicted octanol–water partition coefficient (Wildman–Crippen LogP) is 3.49. The summed E-state index contributed by atoms with van der Waals surface area (Å²) in [5.41, 5.74) is 4.63. The Labute approximate surface area is 179 Å². The molecular weight excluding hydrogens is 376 g/mol. The van der Waals surface area contributed by atoms with Crippen molar-refractivity contribution in [2.24, 2.45) is 13.0 Å². The van der Waals surface area contributed by atoms with E-state index in [1.165, 1.54) is 24.1 Å². The lowest BCUT2D eigenvalue weighted by atomic mass is 9.98. The van der Waals surface area contributed by atoms with Gasteiger partial charge in [-0.2, -0.15) is 5.10 Å². The van der Waals surface area contributed by atoms with Gasteiger partial charge in [-0.15, -0.1) is 0 Å². The van der Waals surface area contributed by atoms with Crippen LogP contribution in [0.15, 0.2) is 6.20 Å². The maximum atomic E-state index is 12.7. The first-order valence-corrected chi connectivity index (χ1v) is 11.2. The predicted molar refractivity (Wildman–Crippen MR) is 117 cm³/mol. The van der Waals surface area contributed by atoms with Gasteiger partial charge in [0.2, 0.25) is 5.91 Å². The number of fused-ring (bicyclic) bond motifs is 1. The van der Waals surface area contributed by atoms with Gasteiger partial charge in [0, 0.05) is 49.1 Å². The minimum atomic E-state index is 0.181. The lowest BCUT2D eigenvalue weighted by molar-refractivity contribution is -0.119. The molecule has 0 aromatic carbocycles. The maximum absolute atomic E-state index is 12.7. The van der Waals surface area contributed by atoms with Gasteiger partial charge in [0.1, 0.15) is 11.6 Å². The maximum Gasteiger partial charge on any atom is 0.228 e. The molecule has 0 radical (unpaired) electrons. The summed E-state index contributed by atoms with van der Waals surface area (Å²) in [6.07, 6.45) is 6.70. The number of nitrogens with zero attached hydrogens (tertiary/aromatic N) is 6. The number of carbonyl (C=O) groups is 1. The van der Waals surface area contributed by atoms with Crippen molar-refractivity contribution in [1.29, 1.82) is 0 Å². The van der Waals surface area contributed by atoms with E-state index >= 15 is 0 Å². The monoisotopic (exact) mass is 410 g/mol. The van der Waals surface area contributed by atoms with Crippen LogP contribution in [0.3, 0.4) is 0 Å². The van der Waals surface area contributed by atoms with Crippen LogP contribution in [-0.4, -0.2) is 43.6 Å². The fourth-order valence-corrected chi connectivity index (χ4v) is 4.70. The molecule has 0 spiro atoms. The average molecular weight is 411 g/mol. The molecule has 0 unspecified atom stereocenters. The number of aromatic nitrogens is 4. The van der Waals surface area contributed by atoms with Crippen molar-refractivity contribution in [2.45, 2.75) is 72.4 Å². The fourth-order valence-electron chi connectivity index (χ4n) is 4.70. The number of rotatable bonds is 5. The topological polar surface area (TPSA) is 67.2 Å². The summed E-state index contributed by atoms with van der Waals surface area (Å²) >= 11 is 0. The molecule has 0 N–H and O–H groups in total. The number of amides is 1. The van der Waals surface area contributed by atoms with Gasteiger partial charge < -0.3 is 0 Å². The molecule has 162 valence electrons. The number of piperidine rings is 1. The minimum absolute atomic E-state index is 0.181. The average Bonchev–Trinajstić information content (AvgIpc) is 3.02. The molecule has 7 nitrogen and oxygen atoms in total. The molecule has 4 rings (SSSR count). The first-order chi connectivity index (χ1) is 14.3. The first kappa shape index (κ1) is 21.0. The van der Waals surface area contributed by atoms with Crippen molar-refractivity contribution in [3.05, 3.63) is 34.5 Å². The molecule has 0 bridgehead atoms. The van der Waals surface area contributed by atoms with E-state index in [0.717, 1.165) is 48.8 Å². The third kappa shape index (κ3) is 4.00. The third-order valence-electron chi connectivity index (χ3n) is 6.52. The molecule has 1 saturated heterocycles. The van der Waals surface area contributed by atoms with Crippen LogP contribution in [0.25, 0.3) is 0 Å². The van der Waals surface area contributed by atoms with Gasteiger partial charge in [-0.3, -0.25) is 19.3 Å². The smallest absolute Gasteiger partial charge is 0.228 e. The third-order valence-corrected chi connectivity index (χ3v) is 6.52. The molecule has 7 heteroatoms. The largest absolute Gasteiger partial charge is 0.296 e. The molecular formula is C23H34N6O. The summed E-state index contributed by atoms with van der Waals surface area (Å²) in [5.74, 6) is 2.31. The van der Waals surface area contributed by atoms with E-state index in [-0.39, 0.29) is 11.9 Å². The van der Waals surface area contributed by atoms with Gasteiger partial charge in [0.15, 0.2) is 0 Å². The zero-order chi connectivity index (χ0) is 21.4. The molecule has 2 aromatic heterocycles. The molecule has 30 heavy (non-hydrogen) atoms. The highest BCUT2D eigenvalue weighted by molar-refractivity contribution is 5.95. The molecule has 0 aliphatic carbocycles. The number of hydrogen-bond donors (Lipinski definition) is 0. The SMILES string of the molecule is Cc1nc([C@H]2CCCCN2Cc2cnn(C)c2C)nc2c1CCC(=O)N2CC(C)C. The van der Waals surface area contributed by atoms with Crippen LogP contribution in [0.4, 0.5) is 5.82 Å². The van der Waals surface area contributed by atoms with Crippen LogP contribution in [0, 0.1) is 19.8 Å². The number of aryl methyl sites for hydroxylation is 2. The van der Waals surface area contributed by atoms with E-state index in [1.807, 2.05) is 22.8 Å². The minimum Gasteiger partial charge on any atom is -0.296 e. The van der Waals surface area contributed by atoms with Gasteiger partial charge in [-0.25, -0.2) is 9.97 Å². The van der Waals surface area contributed by atoms with E-state index in [1.54, 1.807) is 0 Å². The molecule has 1 fully saturated rings. The summed E-state index contributed by atoms with van der Waals surface area (Å²) in [5, 5.41) is 4.41. The standard InChI is InChI=1S/C23H34N6O/c1-15(2)13-29-21(30)10-9-19-16(3)25-22(26-23(19)29)20-8-6-7-11-28(20)14-18-12-24-27(5)17(18)4/h12,15,20H,6-11,13-14H2,1-5H3/t20-/m1/s1. The van der Waals surface area contributed by atoms with Crippen molar-refractivity contribution in [2.75, 3.05) is 18.0 Å². The van der Waals surface area contributed by atoms with Crippen molar-refractivity contribution < 1.29 is 4.79 Å². The summed E-state index contributed by atoms with van der Waals surface area (Å²) in [4.78, 5) is 27.1. The molecule has 4 heterocycles. The zero-order valence-corrected chi connectivity index (χ0v) is 19.0. The normalized spacial score (nSPS) is 20.1. The van der Waals surface area contributed by atoms with Gasteiger partial charge in [-0.05, 0) is 45.6 Å². The Kier molecular flexibility index (Phi) is 5.91. The van der Waals surface area contributed by atoms with E-state index < -0.39 is 0 Å². The second-order valence-electron chi connectivity index (χ2n) is 9.23. The molecule has 2 aliphatic heterocycles. The Morgan fingerprint density at radius 3 is 2.67 bits per heavy atom. The van der Waals surface area contributed by atoms with Crippen LogP contribution in [-0.2, 0) is 24.8 Å². The van der Waals surface area contributed by atoms with E-state index in [9.17, 15) is 4.79 Å². The zero-order valence-electron chi connectivity index (χ0n) is 19.0. The highest BCUT2D eigenvalue weighted by Gasteiger charge is 2.32. The summed E-state index contributed by atoms with van der Waals surface area (Å²) < 4.78 is 1.93. The Bertz CT molecular complexity index is 934. The number of likely N-dealkylation sites (tertiary alicyclic amines) is 1. The Hall–Kier alpha value is -2.28. The number of hydrogen-bond acceptors (Lipinski definition) is 5. The van der Waals surface area contributed by atoms with E-state index in [2.05, 4.69) is 37.7 Å². The van der Waals surface area contributed by atoms with Crippen LogP contribution >= 0.6 is 0 Å². The Morgan fingerprint density at radius 1 is 1.17 bits per heavy atom. The van der Waals surface area contributed by atoms with E-state index in [4.69, 9.17) is 9.97 Å². The highest BCUT2D eigenvalue weighted by Crippen LogP contribution is 2.35. The summed E-state index contributed by atoms with van der Waals surface area (Å²) in [6.45, 7) is 11.1. The Morgan fingerprint density at radius 2 is 1.97 bits per heavy atom. The van der Waals surface area contributed by atoms with Crippen LogP contribution in [0.5, 0.6) is 0 Å². The van der Waals surface area contributed by atoms with Gasteiger partial charge >= 0.3 is 0 Å². The van der Waals surface area contributed by atoms with Crippen LogP contribution in [0.2, 0.25) is 0 Å². The molecule has 0 saturated carbocycles. The quantitative estimate of drug-likeness (QED) is 0.755. The molecule has 1 atom stereocenters.